The fourth-order valence-electron chi connectivity index (χ4n) is 4.69. The van der Waals surface area contributed by atoms with Gasteiger partial charge in [0.25, 0.3) is 0 Å². The number of rotatable bonds is 5. The molecule has 0 spiro atoms. The van der Waals surface area contributed by atoms with Crippen LogP contribution in [0.2, 0.25) is 0 Å². The number of fused-ring (bicyclic) bond motifs is 3. The summed E-state index contributed by atoms with van der Waals surface area (Å²) in [5.41, 5.74) is 6.46. The van der Waals surface area contributed by atoms with Gasteiger partial charge in [0.15, 0.2) is 0 Å². The van der Waals surface area contributed by atoms with Crippen LogP contribution in [0.5, 0.6) is 0 Å². The average Bonchev–Trinajstić information content (AvgIpc) is 2.83. The van der Waals surface area contributed by atoms with Crippen LogP contribution in [-0.4, -0.2) is 6.61 Å². The van der Waals surface area contributed by atoms with Crippen LogP contribution in [0, 0.1) is 0 Å². The van der Waals surface area contributed by atoms with Crippen LogP contribution in [0.15, 0.2) is 97.1 Å². The largest absolute Gasteiger partial charge is 0.377 e. The van der Waals surface area contributed by atoms with Crippen molar-refractivity contribution < 1.29 is 4.74 Å². The molecule has 1 unspecified atom stereocenters. The van der Waals surface area contributed by atoms with Crippen molar-refractivity contribution in [2.75, 3.05) is 6.61 Å². The van der Waals surface area contributed by atoms with Crippen molar-refractivity contribution in [3.8, 4) is 0 Å². The lowest BCUT2D eigenvalue weighted by Gasteiger charge is -2.36. The Hall–Kier alpha value is -3.16. The quantitative estimate of drug-likeness (QED) is 0.359. The molecule has 1 heteroatoms. The van der Waals surface area contributed by atoms with Gasteiger partial charge in [-0.05, 0) is 51.9 Å². The van der Waals surface area contributed by atoms with Gasteiger partial charge in [0.05, 0.1) is 6.61 Å². The van der Waals surface area contributed by atoms with Gasteiger partial charge >= 0.3 is 0 Å². The third-order valence-electron chi connectivity index (χ3n) is 6.30. The van der Waals surface area contributed by atoms with E-state index in [0.29, 0.717) is 6.61 Å². The van der Waals surface area contributed by atoms with Gasteiger partial charge in [-0.25, -0.2) is 0 Å². The summed E-state index contributed by atoms with van der Waals surface area (Å²) in [7, 11) is 0. The molecule has 1 aliphatic carbocycles. The van der Waals surface area contributed by atoms with Crippen molar-refractivity contribution in [3.05, 3.63) is 125 Å². The van der Waals surface area contributed by atoms with Gasteiger partial charge in [0, 0.05) is 12.0 Å². The highest BCUT2D eigenvalue weighted by Gasteiger charge is 2.35. The molecule has 0 aromatic heterocycles. The van der Waals surface area contributed by atoms with Gasteiger partial charge in [0.1, 0.15) is 0 Å². The molecule has 0 heterocycles. The number of allylic oxidation sites excluding steroid dienone is 1. The summed E-state index contributed by atoms with van der Waals surface area (Å²) in [4.78, 5) is 0. The molecule has 1 aliphatic rings. The lowest BCUT2D eigenvalue weighted by molar-refractivity contribution is 0.134. The molecule has 0 N–H and O–H groups in total. The van der Waals surface area contributed by atoms with Crippen molar-refractivity contribution in [2.45, 2.75) is 25.4 Å². The summed E-state index contributed by atoms with van der Waals surface area (Å²) < 4.78 is 5.59. The van der Waals surface area contributed by atoms with E-state index in [0.717, 1.165) is 13.0 Å². The first-order valence-corrected chi connectivity index (χ1v) is 10.7. The van der Waals surface area contributed by atoms with Crippen molar-refractivity contribution in [3.63, 3.8) is 0 Å². The maximum atomic E-state index is 5.59. The molecule has 30 heavy (non-hydrogen) atoms. The molecule has 5 rings (SSSR count). The molecule has 0 aliphatic heterocycles. The second kappa shape index (κ2) is 7.93. The maximum Gasteiger partial charge on any atom is 0.0716 e. The summed E-state index contributed by atoms with van der Waals surface area (Å²) in [6, 6.07) is 33.1. The summed E-state index contributed by atoms with van der Waals surface area (Å²) >= 11 is 0. The van der Waals surface area contributed by atoms with Crippen molar-refractivity contribution in [2.24, 2.45) is 0 Å². The van der Waals surface area contributed by atoms with Gasteiger partial charge in [-0.1, -0.05) is 103 Å². The first-order chi connectivity index (χ1) is 14.8. The Morgan fingerprint density at radius 1 is 0.767 bits per heavy atom. The van der Waals surface area contributed by atoms with Gasteiger partial charge in [-0.3, -0.25) is 0 Å². The summed E-state index contributed by atoms with van der Waals surface area (Å²) in [6.07, 6.45) is 5.70. The molecule has 0 saturated carbocycles. The SMILES string of the molecule is CCOCc1ccc(C2(c3ccccc3)C=Cc3c(ccc4ccccc34)C2)cc1. The maximum absolute atomic E-state index is 5.59. The van der Waals surface area contributed by atoms with Crippen molar-refractivity contribution >= 4 is 16.8 Å². The molecular formula is C29H26O. The Balaban J connectivity index is 1.63. The second-order valence-corrected chi connectivity index (χ2v) is 8.04. The van der Waals surface area contributed by atoms with Gasteiger partial charge < -0.3 is 4.74 Å². The minimum absolute atomic E-state index is 0.166. The van der Waals surface area contributed by atoms with Gasteiger partial charge in [0.2, 0.25) is 0 Å². The Morgan fingerprint density at radius 3 is 2.30 bits per heavy atom. The molecule has 1 nitrogen and oxygen atoms in total. The average molecular weight is 391 g/mol. The zero-order valence-electron chi connectivity index (χ0n) is 17.3. The number of hydrogen-bond donors (Lipinski definition) is 0. The molecule has 1 atom stereocenters. The minimum atomic E-state index is -0.166. The van der Waals surface area contributed by atoms with E-state index in [-0.39, 0.29) is 5.41 Å². The smallest absolute Gasteiger partial charge is 0.0716 e. The number of ether oxygens (including phenoxy) is 1. The van der Waals surface area contributed by atoms with E-state index in [4.69, 9.17) is 4.74 Å². The summed E-state index contributed by atoms with van der Waals surface area (Å²) in [5.74, 6) is 0. The first kappa shape index (κ1) is 18.8. The van der Waals surface area contributed by atoms with E-state index in [1.54, 1.807) is 0 Å². The predicted molar refractivity (Wildman–Crippen MR) is 126 cm³/mol. The van der Waals surface area contributed by atoms with E-state index < -0.39 is 0 Å². The molecule has 0 amide bonds. The molecule has 0 radical (unpaired) electrons. The van der Waals surface area contributed by atoms with Crippen LogP contribution in [0.3, 0.4) is 0 Å². The zero-order chi connectivity index (χ0) is 20.4. The Morgan fingerprint density at radius 2 is 1.50 bits per heavy atom. The summed E-state index contributed by atoms with van der Waals surface area (Å²) in [5, 5.41) is 2.63. The fraction of sp³-hybridized carbons (Fsp3) is 0.172. The van der Waals surface area contributed by atoms with E-state index in [1.165, 1.54) is 38.6 Å². The molecule has 0 bridgehead atoms. The van der Waals surface area contributed by atoms with E-state index in [1.807, 2.05) is 6.92 Å². The Bertz CT molecular complexity index is 1190. The Labute approximate surface area is 178 Å². The van der Waals surface area contributed by atoms with Crippen LogP contribution < -0.4 is 0 Å². The monoisotopic (exact) mass is 390 g/mol. The third kappa shape index (κ3) is 3.26. The van der Waals surface area contributed by atoms with Crippen LogP contribution >= 0.6 is 0 Å². The number of hydrogen-bond acceptors (Lipinski definition) is 1. The van der Waals surface area contributed by atoms with E-state index in [2.05, 4.69) is 103 Å². The molecule has 4 aromatic carbocycles. The fourth-order valence-corrected chi connectivity index (χ4v) is 4.69. The van der Waals surface area contributed by atoms with E-state index >= 15 is 0 Å². The normalized spacial score (nSPS) is 17.8. The standard InChI is InChI=1S/C29H26O/c1-2-30-21-22-12-16-26(17-13-22)29(25-9-4-3-5-10-25)19-18-28-24(20-29)15-14-23-8-6-7-11-27(23)28/h3-19H,2,20-21H2,1H3. The molecular weight excluding hydrogens is 364 g/mol. The van der Waals surface area contributed by atoms with Crippen LogP contribution in [-0.2, 0) is 23.2 Å². The Kier molecular flexibility index (Phi) is 4.98. The molecule has 4 aromatic rings. The van der Waals surface area contributed by atoms with Crippen molar-refractivity contribution in [1.82, 2.24) is 0 Å². The highest BCUT2D eigenvalue weighted by atomic mass is 16.5. The zero-order valence-corrected chi connectivity index (χ0v) is 17.3. The lowest BCUT2D eigenvalue weighted by atomic mass is 9.67. The molecule has 0 saturated heterocycles. The topological polar surface area (TPSA) is 9.23 Å². The van der Waals surface area contributed by atoms with Crippen LogP contribution in [0.4, 0.5) is 0 Å². The summed E-state index contributed by atoms with van der Waals surface area (Å²) in [6.45, 7) is 3.44. The van der Waals surface area contributed by atoms with Crippen LogP contribution in [0.25, 0.3) is 16.8 Å². The van der Waals surface area contributed by atoms with Gasteiger partial charge in [-0.2, -0.15) is 0 Å². The van der Waals surface area contributed by atoms with E-state index in [9.17, 15) is 0 Å². The predicted octanol–water partition coefficient (Wildman–Crippen LogP) is 6.93. The number of benzene rings is 4. The highest BCUT2D eigenvalue weighted by Crippen LogP contribution is 2.43. The van der Waals surface area contributed by atoms with Crippen molar-refractivity contribution in [1.29, 1.82) is 0 Å². The second-order valence-electron chi connectivity index (χ2n) is 8.04. The third-order valence-corrected chi connectivity index (χ3v) is 6.30. The molecule has 0 fully saturated rings. The lowest BCUT2D eigenvalue weighted by Crippen LogP contribution is -2.30. The van der Waals surface area contributed by atoms with Gasteiger partial charge in [-0.15, -0.1) is 0 Å². The first-order valence-electron chi connectivity index (χ1n) is 10.7. The van der Waals surface area contributed by atoms with Crippen LogP contribution in [0.1, 0.15) is 34.7 Å². The minimum Gasteiger partial charge on any atom is -0.377 e. The highest BCUT2D eigenvalue weighted by molar-refractivity contribution is 5.93. The molecule has 148 valence electrons.